The van der Waals surface area contributed by atoms with Crippen LogP contribution < -0.4 is 4.74 Å². The molecule has 0 radical (unpaired) electrons. The van der Waals surface area contributed by atoms with E-state index in [1.807, 2.05) is 36.1 Å². The third-order valence-corrected chi connectivity index (χ3v) is 7.18. The number of rotatable bonds is 10. The van der Waals surface area contributed by atoms with Gasteiger partial charge in [-0.25, -0.2) is 0 Å². The number of hydrogen-bond acceptors (Lipinski definition) is 5. The van der Waals surface area contributed by atoms with Gasteiger partial charge in [0, 0.05) is 37.6 Å². The first-order chi connectivity index (χ1) is 15.6. The van der Waals surface area contributed by atoms with Gasteiger partial charge < -0.3 is 19.3 Å². The van der Waals surface area contributed by atoms with Crippen LogP contribution in [0.4, 0.5) is 0 Å². The molecule has 2 heterocycles. The molecule has 0 bridgehead atoms. The Morgan fingerprint density at radius 2 is 1.97 bits per heavy atom. The summed E-state index contributed by atoms with van der Waals surface area (Å²) >= 11 is 1.74. The van der Waals surface area contributed by atoms with Crippen LogP contribution in [0.5, 0.6) is 5.75 Å². The molecule has 6 nitrogen and oxygen atoms in total. The molecule has 4 rings (SSSR count). The minimum atomic E-state index is -0.143. The molecule has 2 amide bonds. The van der Waals surface area contributed by atoms with E-state index in [1.54, 1.807) is 23.3 Å². The molecule has 32 heavy (non-hydrogen) atoms. The molecular weight excluding hydrogens is 424 g/mol. The molecule has 1 aromatic heterocycles. The highest BCUT2D eigenvalue weighted by molar-refractivity contribution is 7.10. The quantitative estimate of drug-likeness (QED) is 0.510. The maximum atomic E-state index is 13.4. The van der Waals surface area contributed by atoms with Crippen LogP contribution in [0.15, 0.2) is 35.7 Å². The van der Waals surface area contributed by atoms with Gasteiger partial charge in [0.25, 0.3) is 0 Å². The molecule has 1 aromatic carbocycles. The fourth-order valence-corrected chi connectivity index (χ4v) is 5.12. The third kappa shape index (κ3) is 5.51. The van der Waals surface area contributed by atoms with Crippen LogP contribution in [0.1, 0.15) is 41.3 Å². The van der Waals surface area contributed by atoms with Crippen molar-refractivity contribution in [3.8, 4) is 5.75 Å². The summed E-state index contributed by atoms with van der Waals surface area (Å²) in [7, 11) is 1.66. The monoisotopic (exact) mass is 456 g/mol. The van der Waals surface area contributed by atoms with E-state index in [1.165, 1.54) is 16.0 Å². The van der Waals surface area contributed by atoms with Gasteiger partial charge in [0.2, 0.25) is 11.8 Å². The number of benzene rings is 1. The topological polar surface area (TPSA) is 59.1 Å². The van der Waals surface area contributed by atoms with Crippen molar-refractivity contribution in [2.24, 2.45) is 5.92 Å². The zero-order valence-corrected chi connectivity index (χ0v) is 19.7. The standard InChI is InChI=1S/C25H32N2O4S/c1-18-4-8-20(9-5-18)31-17-22-21-11-15-32-23(21)10-13-27(22)24(28)16-26(12-3-14-30-2)25(29)19-6-7-19/h4-5,8-9,11,15,19,22H,3,6-7,10,12-14,16-17H2,1-2H3. The largest absolute Gasteiger partial charge is 0.491 e. The normalized spacial score (nSPS) is 17.7. The summed E-state index contributed by atoms with van der Waals surface area (Å²) in [5, 5.41) is 2.09. The lowest BCUT2D eigenvalue weighted by Crippen LogP contribution is -2.48. The van der Waals surface area contributed by atoms with Crippen molar-refractivity contribution in [1.29, 1.82) is 0 Å². The van der Waals surface area contributed by atoms with E-state index in [9.17, 15) is 9.59 Å². The summed E-state index contributed by atoms with van der Waals surface area (Å²) in [5.74, 6) is 0.993. The van der Waals surface area contributed by atoms with E-state index < -0.39 is 0 Å². The number of hydrogen-bond donors (Lipinski definition) is 0. The van der Waals surface area contributed by atoms with Gasteiger partial charge in [-0.3, -0.25) is 9.59 Å². The van der Waals surface area contributed by atoms with Gasteiger partial charge in [-0.05, 0) is 61.7 Å². The number of carbonyl (C=O) groups excluding carboxylic acids is 2. The van der Waals surface area contributed by atoms with Crippen LogP contribution in [0.3, 0.4) is 0 Å². The second kappa shape index (κ2) is 10.5. The number of thiophene rings is 1. The van der Waals surface area contributed by atoms with Crippen molar-refractivity contribution < 1.29 is 19.1 Å². The number of amides is 2. The van der Waals surface area contributed by atoms with E-state index in [0.717, 1.165) is 31.4 Å². The fourth-order valence-electron chi connectivity index (χ4n) is 4.19. The number of aryl methyl sites for hydroxylation is 1. The van der Waals surface area contributed by atoms with Crippen molar-refractivity contribution in [1.82, 2.24) is 9.80 Å². The van der Waals surface area contributed by atoms with Gasteiger partial charge in [-0.15, -0.1) is 11.3 Å². The highest BCUT2D eigenvalue weighted by Gasteiger charge is 2.37. The summed E-state index contributed by atoms with van der Waals surface area (Å²) in [5.41, 5.74) is 2.35. The lowest BCUT2D eigenvalue weighted by Gasteiger charge is -2.37. The first-order valence-electron chi connectivity index (χ1n) is 11.4. The summed E-state index contributed by atoms with van der Waals surface area (Å²) in [4.78, 5) is 31.2. The minimum Gasteiger partial charge on any atom is -0.491 e. The molecule has 1 aliphatic carbocycles. The van der Waals surface area contributed by atoms with Gasteiger partial charge >= 0.3 is 0 Å². The average Bonchev–Trinajstić information content (AvgIpc) is 3.54. The number of carbonyl (C=O) groups is 2. The molecular formula is C25H32N2O4S. The Bertz CT molecular complexity index is 922. The third-order valence-electron chi connectivity index (χ3n) is 6.18. The first kappa shape index (κ1) is 22.8. The van der Waals surface area contributed by atoms with E-state index in [-0.39, 0.29) is 30.3 Å². The van der Waals surface area contributed by atoms with E-state index >= 15 is 0 Å². The van der Waals surface area contributed by atoms with Crippen molar-refractivity contribution in [2.75, 3.05) is 40.0 Å². The summed E-state index contributed by atoms with van der Waals surface area (Å²) < 4.78 is 11.3. The van der Waals surface area contributed by atoms with Crippen LogP contribution in [0.25, 0.3) is 0 Å². The number of methoxy groups -OCH3 is 1. The van der Waals surface area contributed by atoms with Crippen molar-refractivity contribution in [3.63, 3.8) is 0 Å². The molecule has 0 saturated heterocycles. The average molecular weight is 457 g/mol. The van der Waals surface area contributed by atoms with E-state index in [4.69, 9.17) is 9.47 Å². The Morgan fingerprint density at radius 1 is 1.19 bits per heavy atom. The molecule has 2 aliphatic rings. The number of fused-ring (bicyclic) bond motifs is 1. The smallest absolute Gasteiger partial charge is 0.242 e. The lowest BCUT2D eigenvalue weighted by atomic mass is 10.0. The molecule has 1 saturated carbocycles. The molecule has 1 atom stereocenters. The van der Waals surface area contributed by atoms with E-state index in [0.29, 0.717) is 26.3 Å². The van der Waals surface area contributed by atoms with Gasteiger partial charge in [-0.1, -0.05) is 17.7 Å². The fraction of sp³-hybridized carbons (Fsp3) is 0.520. The van der Waals surface area contributed by atoms with Crippen LogP contribution in [0, 0.1) is 12.8 Å². The highest BCUT2D eigenvalue weighted by Crippen LogP contribution is 2.35. The van der Waals surface area contributed by atoms with Gasteiger partial charge in [0.15, 0.2) is 0 Å². The molecule has 0 spiro atoms. The first-order valence-corrected chi connectivity index (χ1v) is 12.3. The highest BCUT2D eigenvalue weighted by atomic mass is 32.1. The summed E-state index contributed by atoms with van der Waals surface area (Å²) in [6.07, 6.45) is 3.45. The van der Waals surface area contributed by atoms with Crippen molar-refractivity contribution in [3.05, 3.63) is 51.7 Å². The molecule has 1 aliphatic heterocycles. The molecule has 0 N–H and O–H groups in total. The Labute approximate surface area is 194 Å². The molecule has 2 aromatic rings. The maximum absolute atomic E-state index is 13.4. The zero-order valence-electron chi connectivity index (χ0n) is 18.9. The Kier molecular flexibility index (Phi) is 7.48. The van der Waals surface area contributed by atoms with E-state index in [2.05, 4.69) is 11.4 Å². The van der Waals surface area contributed by atoms with Crippen molar-refractivity contribution >= 4 is 23.2 Å². The zero-order chi connectivity index (χ0) is 22.5. The van der Waals surface area contributed by atoms with Gasteiger partial charge in [0.1, 0.15) is 12.4 Å². The van der Waals surface area contributed by atoms with Gasteiger partial charge in [0.05, 0.1) is 12.6 Å². The Hall–Kier alpha value is -2.38. The summed E-state index contributed by atoms with van der Waals surface area (Å²) in [6, 6.07) is 9.94. The van der Waals surface area contributed by atoms with Gasteiger partial charge in [-0.2, -0.15) is 0 Å². The second-order valence-corrected chi connectivity index (χ2v) is 9.66. The minimum absolute atomic E-state index is 0.00854. The predicted octanol–water partition coefficient (Wildman–Crippen LogP) is 3.84. The molecule has 1 fully saturated rings. The van der Waals surface area contributed by atoms with Crippen LogP contribution in [0.2, 0.25) is 0 Å². The Balaban J connectivity index is 1.46. The maximum Gasteiger partial charge on any atom is 0.242 e. The number of ether oxygens (including phenoxy) is 2. The van der Waals surface area contributed by atoms with Crippen LogP contribution in [-0.4, -0.2) is 61.6 Å². The SMILES string of the molecule is COCCCN(CC(=O)N1CCc2sccc2C1COc1ccc(C)cc1)C(=O)C1CC1. The second-order valence-electron chi connectivity index (χ2n) is 8.66. The van der Waals surface area contributed by atoms with Crippen molar-refractivity contribution in [2.45, 2.75) is 38.6 Å². The molecule has 1 unspecified atom stereocenters. The molecule has 172 valence electrons. The van der Waals surface area contributed by atoms with Crippen LogP contribution in [-0.2, 0) is 20.7 Å². The summed E-state index contributed by atoms with van der Waals surface area (Å²) in [6.45, 7) is 4.36. The molecule has 7 heteroatoms. The lowest BCUT2D eigenvalue weighted by molar-refractivity contribution is -0.143. The van der Waals surface area contributed by atoms with Crippen LogP contribution >= 0.6 is 11.3 Å². The number of nitrogens with zero attached hydrogens (tertiary/aromatic N) is 2. The Morgan fingerprint density at radius 3 is 2.69 bits per heavy atom. The predicted molar refractivity (Wildman–Crippen MR) is 125 cm³/mol.